The summed E-state index contributed by atoms with van der Waals surface area (Å²) in [7, 11) is 2.14. The summed E-state index contributed by atoms with van der Waals surface area (Å²) in [5.41, 5.74) is 10.5. The molecular weight excluding hydrogens is 414 g/mol. The Hall–Kier alpha value is -2.71. The number of anilines is 2. The molecular formula is C25H35N7O. The van der Waals surface area contributed by atoms with Crippen molar-refractivity contribution in [3.8, 4) is 11.3 Å². The van der Waals surface area contributed by atoms with Gasteiger partial charge in [0.1, 0.15) is 5.82 Å². The Bertz CT molecular complexity index is 996. The van der Waals surface area contributed by atoms with E-state index in [9.17, 15) is 4.79 Å². The van der Waals surface area contributed by atoms with Crippen molar-refractivity contribution >= 4 is 17.7 Å². The van der Waals surface area contributed by atoms with Crippen LogP contribution in [0, 0.1) is 5.92 Å². The molecule has 5 rings (SSSR count). The number of hydrogen-bond donors (Lipinski definition) is 2. The van der Waals surface area contributed by atoms with E-state index in [2.05, 4.69) is 50.3 Å². The van der Waals surface area contributed by atoms with E-state index in [1.165, 1.54) is 11.1 Å². The van der Waals surface area contributed by atoms with Gasteiger partial charge in [-0.05, 0) is 62.5 Å². The number of nitrogen functional groups attached to an aromatic ring is 1. The molecule has 1 aromatic heterocycles. The lowest BCUT2D eigenvalue weighted by Gasteiger charge is -2.33. The monoisotopic (exact) mass is 449 g/mol. The van der Waals surface area contributed by atoms with Crippen molar-refractivity contribution in [2.45, 2.75) is 32.2 Å². The summed E-state index contributed by atoms with van der Waals surface area (Å²) in [5.74, 6) is 2.00. The van der Waals surface area contributed by atoms with Crippen molar-refractivity contribution in [2.75, 3.05) is 63.5 Å². The number of nitrogens with one attached hydrogen (secondary N) is 1. The molecule has 2 fully saturated rings. The van der Waals surface area contributed by atoms with Gasteiger partial charge in [0.2, 0.25) is 11.9 Å². The molecule has 0 unspecified atom stereocenters. The summed E-state index contributed by atoms with van der Waals surface area (Å²) in [5, 5.41) is 3.38. The SMILES string of the molecule is CN1CCN(c2cc(-c3ccc4c(c3)CN(C(=O)CC3CCNCC3)CC4)nc(N)n2)CC1. The third-order valence-electron chi connectivity index (χ3n) is 7.35. The molecule has 4 heterocycles. The summed E-state index contributed by atoms with van der Waals surface area (Å²) in [4.78, 5) is 28.7. The number of fused-ring (bicyclic) bond motifs is 1. The van der Waals surface area contributed by atoms with E-state index in [0.717, 1.165) is 82.2 Å². The number of carbonyl (C=O) groups excluding carboxylic acids is 1. The molecule has 176 valence electrons. The van der Waals surface area contributed by atoms with Gasteiger partial charge in [-0.25, -0.2) is 4.98 Å². The summed E-state index contributed by atoms with van der Waals surface area (Å²) < 4.78 is 0. The summed E-state index contributed by atoms with van der Waals surface area (Å²) in [6.07, 6.45) is 3.79. The number of carbonyl (C=O) groups is 1. The number of benzene rings is 1. The smallest absolute Gasteiger partial charge is 0.223 e. The van der Waals surface area contributed by atoms with Crippen LogP contribution in [0.5, 0.6) is 0 Å². The maximum Gasteiger partial charge on any atom is 0.223 e. The molecule has 8 heteroatoms. The van der Waals surface area contributed by atoms with Gasteiger partial charge < -0.3 is 25.8 Å². The average molecular weight is 450 g/mol. The molecule has 1 amide bonds. The first-order valence-electron chi connectivity index (χ1n) is 12.2. The second-order valence-corrected chi connectivity index (χ2v) is 9.71. The predicted octanol–water partition coefficient (Wildman–Crippen LogP) is 1.75. The van der Waals surface area contributed by atoms with Crippen LogP contribution < -0.4 is 16.0 Å². The number of nitrogens with two attached hydrogens (primary N) is 1. The maximum atomic E-state index is 13.0. The number of hydrogen-bond acceptors (Lipinski definition) is 7. The van der Waals surface area contributed by atoms with Crippen LogP contribution in [0.2, 0.25) is 0 Å². The molecule has 3 aliphatic heterocycles. The number of aromatic nitrogens is 2. The molecule has 1 aromatic carbocycles. The Morgan fingerprint density at radius 1 is 1.06 bits per heavy atom. The van der Waals surface area contributed by atoms with E-state index in [4.69, 9.17) is 5.73 Å². The topological polar surface area (TPSA) is 90.6 Å². The second-order valence-electron chi connectivity index (χ2n) is 9.71. The minimum Gasteiger partial charge on any atom is -0.368 e. The lowest BCUT2D eigenvalue weighted by atomic mass is 9.92. The first kappa shape index (κ1) is 22.1. The van der Waals surface area contributed by atoms with Crippen LogP contribution in [0.25, 0.3) is 11.3 Å². The lowest BCUT2D eigenvalue weighted by Crippen LogP contribution is -2.44. The number of piperazine rings is 1. The van der Waals surface area contributed by atoms with Crippen molar-refractivity contribution in [3.05, 3.63) is 35.4 Å². The Balaban J connectivity index is 1.32. The first-order chi connectivity index (χ1) is 16.0. The molecule has 0 saturated carbocycles. The van der Waals surface area contributed by atoms with Crippen LogP contribution in [0.3, 0.4) is 0 Å². The Morgan fingerprint density at radius 2 is 1.85 bits per heavy atom. The molecule has 33 heavy (non-hydrogen) atoms. The highest BCUT2D eigenvalue weighted by molar-refractivity contribution is 5.77. The third-order valence-corrected chi connectivity index (χ3v) is 7.35. The van der Waals surface area contributed by atoms with Gasteiger partial charge >= 0.3 is 0 Å². The molecule has 3 N–H and O–H groups in total. The van der Waals surface area contributed by atoms with Gasteiger partial charge in [-0.2, -0.15) is 4.98 Å². The number of amides is 1. The van der Waals surface area contributed by atoms with Crippen LogP contribution in [0.1, 0.15) is 30.4 Å². The van der Waals surface area contributed by atoms with Crippen molar-refractivity contribution in [1.29, 1.82) is 0 Å². The zero-order valence-corrected chi connectivity index (χ0v) is 19.6. The van der Waals surface area contributed by atoms with Crippen LogP contribution in [0.15, 0.2) is 24.3 Å². The van der Waals surface area contributed by atoms with Crippen LogP contribution >= 0.6 is 0 Å². The quantitative estimate of drug-likeness (QED) is 0.735. The standard InChI is InChI=1S/C25H35N7O/c1-30-10-12-31(13-11-30)23-16-22(28-25(26)29-23)20-3-2-19-6-9-32(17-21(19)15-20)24(33)14-18-4-7-27-8-5-18/h2-3,15-16,18,27H,4-14,17H2,1H3,(H2,26,28,29). The fourth-order valence-electron chi connectivity index (χ4n) is 5.19. The van der Waals surface area contributed by atoms with Gasteiger partial charge in [0.25, 0.3) is 0 Å². The summed E-state index contributed by atoms with van der Waals surface area (Å²) in [6.45, 7) is 7.45. The molecule has 0 atom stereocenters. The predicted molar refractivity (Wildman–Crippen MR) is 131 cm³/mol. The second kappa shape index (κ2) is 9.65. The van der Waals surface area contributed by atoms with E-state index >= 15 is 0 Å². The highest BCUT2D eigenvalue weighted by Crippen LogP contribution is 2.29. The van der Waals surface area contributed by atoms with Crippen LogP contribution in [-0.4, -0.2) is 78.5 Å². The number of piperidine rings is 1. The van der Waals surface area contributed by atoms with Crippen molar-refractivity contribution in [3.63, 3.8) is 0 Å². The molecule has 3 aliphatic rings. The normalized spacial score (nSPS) is 20.0. The van der Waals surface area contributed by atoms with Crippen LogP contribution in [-0.2, 0) is 17.8 Å². The van der Waals surface area contributed by atoms with Gasteiger partial charge in [-0.15, -0.1) is 0 Å². The molecule has 0 spiro atoms. The number of rotatable bonds is 4. The third kappa shape index (κ3) is 5.12. The fraction of sp³-hybridized carbons (Fsp3) is 0.560. The highest BCUT2D eigenvalue weighted by atomic mass is 16.2. The lowest BCUT2D eigenvalue weighted by molar-refractivity contribution is -0.133. The van der Waals surface area contributed by atoms with E-state index in [1.807, 2.05) is 11.0 Å². The van der Waals surface area contributed by atoms with Crippen molar-refractivity contribution in [2.24, 2.45) is 5.92 Å². The fourth-order valence-corrected chi connectivity index (χ4v) is 5.19. The minimum absolute atomic E-state index is 0.293. The zero-order chi connectivity index (χ0) is 22.8. The van der Waals surface area contributed by atoms with Crippen molar-refractivity contribution in [1.82, 2.24) is 25.1 Å². The first-order valence-corrected chi connectivity index (χ1v) is 12.2. The largest absolute Gasteiger partial charge is 0.368 e. The van der Waals surface area contributed by atoms with E-state index in [0.29, 0.717) is 30.7 Å². The molecule has 0 radical (unpaired) electrons. The van der Waals surface area contributed by atoms with E-state index < -0.39 is 0 Å². The van der Waals surface area contributed by atoms with Gasteiger partial charge in [-0.3, -0.25) is 4.79 Å². The van der Waals surface area contributed by atoms with Crippen molar-refractivity contribution < 1.29 is 4.79 Å². The molecule has 0 bridgehead atoms. The maximum absolute atomic E-state index is 13.0. The Morgan fingerprint density at radius 3 is 2.64 bits per heavy atom. The van der Waals surface area contributed by atoms with E-state index in [-0.39, 0.29) is 0 Å². The zero-order valence-electron chi connectivity index (χ0n) is 19.6. The minimum atomic E-state index is 0.293. The number of likely N-dealkylation sites (N-methyl/N-ethyl adjacent to an activating group) is 1. The Kier molecular flexibility index (Phi) is 6.46. The summed E-state index contributed by atoms with van der Waals surface area (Å²) >= 11 is 0. The highest BCUT2D eigenvalue weighted by Gasteiger charge is 2.25. The molecule has 2 saturated heterocycles. The van der Waals surface area contributed by atoms with E-state index in [1.54, 1.807) is 0 Å². The molecule has 2 aromatic rings. The van der Waals surface area contributed by atoms with Gasteiger partial charge in [0, 0.05) is 57.3 Å². The summed E-state index contributed by atoms with van der Waals surface area (Å²) in [6, 6.07) is 8.55. The van der Waals surface area contributed by atoms with Gasteiger partial charge in [0.05, 0.1) is 5.69 Å². The van der Waals surface area contributed by atoms with Gasteiger partial charge in [0.15, 0.2) is 0 Å². The van der Waals surface area contributed by atoms with Crippen LogP contribution in [0.4, 0.5) is 11.8 Å². The Labute approximate surface area is 196 Å². The average Bonchev–Trinajstić information content (AvgIpc) is 2.84. The molecule has 8 nitrogen and oxygen atoms in total. The molecule has 0 aliphatic carbocycles. The van der Waals surface area contributed by atoms with Gasteiger partial charge in [-0.1, -0.05) is 12.1 Å². The number of nitrogens with zero attached hydrogens (tertiary/aromatic N) is 5.